The number of nitrogens with zero attached hydrogens (tertiary/aromatic N) is 2. The average molecular weight is 548 g/mol. The molecule has 2 aromatic rings. The number of carbonyl (C=O) groups excluding carboxylic acids is 1. The minimum absolute atomic E-state index is 0.0267. The molecule has 1 atom stereocenters. The van der Waals surface area contributed by atoms with Crippen molar-refractivity contribution in [2.75, 3.05) is 39.3 Å². The van der Waals surface area contributed by atoms with Crippen molar-refractivity contribution in [2.45, 2.75) is 30.3 Å². The van der Waals surface area contributed by atoms with Crippen LogP contribution in [0.1, 0.15) is 24.8 Å². The molecule has 1 saturated heterocycles. The van der Waals surface area contributed by atoms with Crippen LogP contribution in [-0.4, -0.2) is 80.1 Å². The summed E-state index contributed by atoms with van der Waals surface area (Å²) >= 11 is 0. The van der Waals surface area contributed by atoms with E-state index >= 15 is 0 Å². The molecule has 0 radical (unpaired) electrons. The number of carbonyl (C=O) groups is 2. The monoisotopic (exact) mass is 547 g/mol. The van der Waals surface area contributed by atoms with Gasteiger partial charge in [-0.15, -0.1) is 0 Å². The number of alkyl halides is 3. The van der Waals surface area contributed by atoms with Crippen molar-refractivity contribution < 1.29 is 40.7 Å². The number of hydrogen-bond donors (Lipinski definition) is 2. The maximum Gasteiger partial charge on any atom is 0.490 e. The number of aliphatic carboxylic acids is 1. The molecule has 1 amide bonds. The van der Waals surface area contributed by atoms with Crippen LogP contribution in [0.4, 0.5) is 17.6 Å². The number of piperazine rings is 1. The van der Waals surface area contributed by atoms with Gasteiger partial charge in [0.2, 0.25) is 15.9 Å². The van der Waals surface area contributed by atoms with E-state index in [0.717, 1.165) is 30.8 Å². The number of benzene rings is 2. The summed E-state index contributed by atoms with van der Waals surface area (Å²) in [5.41, 5.74) is 1.02. The van der Waals surface area contributed by atoms with Gasteiger partial charge in [-0.25, -0.2) is 17.6 Å². The van der Waals surface area contributed by atoms with Gasteiger partial charge in [-0.05, 0) is 35.7 Å². The number of carboxylic acid groups (broad SMARTS) is 1. The van der Waals surface area contributed by atoms with Crippen molar-refractivity contribution in [3.05, 3.63) is 66.0 Å². The maximum absolute atomic E-state index is 13.3. The highest BCUT2D eigenvalue weighted by Gasteiger charge is 2.38. The minimum atomic E-state index is -5.08. The molecule has 1 aliphatic rings. The Hall–Kier alpha value is -3.03. The fourth-order valence-corrected chi connectivity index (χ4v) is 5.08. The minimum Gasteiger partial charge on any atom is -0.475 e. The van der Waals surface area contributed by atoms with Crippen molar-refractivity contribution in [1.29, 1.82) is 0 Å². The molecule has 1 aliphatic heterocycles. The number of amides is 1. The molecule has 8 nitrogen and oxygen atoms in total. The highest BCUT2D eigenvalue weighted by atomic mass is 32.2. The summed E-state index contributed by atoms with van der Waals surface area (Å²) in [7, 11) is -3.86. The zero-order valence-electron chi connectivity index (χ0n) is 20.1. The number of nitrogens with one attached hydrogen (secondary N) is 1. The molecule has 204 valence electrons. The van der Waals surface area contributed by atoms with Gasteiger partial charge in [0.25, 0.3) is 0 Å². The van der Waals surface area contributed by atoms with Crippen LogP contribution in [0.2, 0.25) is 0 Å². The molecular weight excluding hydrogens is 518 g/mol. The Morgan fingerprint density at radius 1 is 1.05 bits per heavy atom. The van der Waals surface area contributed by atoms with Gasteiger partial charge in [0.05, 0.1) is 4.90 Å². The first-order chi connectivity index (χ1) is 17.3. The number of hydrogen-bond acceptors (Lipinski definition) is 5. The van der Waals surface area contributed by atoms with Crippen LogP contribution in [0.25, 0.3) is 0 Å². The van der Waals surface area contributed by atoms with Gasteiger partial charge in [0.1, 0.15) is 5.82 Å². The fourth-order valence-electron chi connectivity index (χ4n) is 3.55. The summed E-state index contributed by atoms with van der Waals surface area (Å²) in [4.78, 5) is 23.3. The number of rotatable bonds is 8. The van der Waals surface area contributed by atoms with E-state index in [0.29, 0.717) is 13.1 Å². The molecule has 37 heavy (non-hydrogen) atoms. The average Bonchev–Trinajstić information content (AvgIpc) is 2.87. The topological polar surface area (TPSA) is 107 Å². The van der Waals surface area contributed by atoms with Crippen molar-refractivity contribution in [3.63, 3.8) is 0 Å². The Bertz CT molecular complexity index is 1120. The zero-order chi connectivity index (χ0) is 27.6. The molecule has 13 heteroatoms. The largest absolute Gasteiger partial charge is 0.490 e. The number of sulfonamides is 1. The van der Waals surface area contributed by atoms with E-state index in [1.807, 2.05) is 37.3 Å². The number of carboxylic acids is 1. The smallest absolute Gasteiger partial charge is 0.475 e. The van der Waals surface area contributed by atoms with Crippen molar-refractivity contribution in [2.24, 2.45) is 0 Å². The number of halogens is 4. The fraction of sp³-hybridized carbons (Fsp3) is 0.417. The summed E-state index contributed by atoms with van der Waals surface area (Å²) in [6, 6.07) is 14.5. The second-order valence-corrected chi connectivity index (χ2v) is 10.3. The molecule has 0 aliphatic carbocycles. The third-order valence-electron chi connectivity index (χ3n) is 5.58. The Morgan fingerprint density at radius 3 is 2.11 bits per heavy atom. The standard InChI is InChI=1S/C22H28FN3O3S.C2HF3O2/c1-18(19-5-3-2-4-6-19)17-26(14-11-22(27)25-15-12-24-13-16-25)30(28,29)21-9-7-20(23)8-10-21;3-2(4,5)1(6)7/h2-10,18,24H,11-17H2,1H3;(H,6,7). The summed E-state index contributed by atoms with van der Waals surface area (Å²) < 4.78 is 72.9. The van der Waals surface area contributed by atoms with Crippen LogP contribution < -0.4 is 5.32 Å². The van der Waals surface area contributed by atoms with Crippen LogP contribution in [0.5, 0.6) is 0 Å². The van der Waals surface area contributed by atoms with Gasteiger partial charge in [0, 0.05) is 45.7 Å². The predicted molar refractivity (Wildman–Crippen MR) is 128 cm³/mol. The first-order valence-corrected chi connectivity index (χ1v) is 12.9. The van der Waals surface area contributed by atoms with Crippen molar-refractivity contribution in [3.8, 4) is 0 Å². The molecule has 2 N–H and O–H groups in total. The molecule has 0 spiro atoms. The van der Waals surface area contributed by atoms with Crippen LogP contribution in [0.3, 0.4) is 0 Å². The first kappa shape index (κ1) is 30.2. The summed E-state index contributed by atoms with van der Waals surface area (Å²) in [6.45, 7) is 5.02. The Balaban J connectivity index is 0.000000604. The lowest BCUT2D eigenvalue weighted by molar-refractivity contribution is -0.192. The summed E-state index contributed by atoms with van der Waals surface area (Å²) in [6.07, 6.45) is -4.97. The molecule has 0 saturated carbocycles. The van der Waals surface area contributed by atoms with Crippen molar-refractivity contribution in [1.82, 2.24) is 14.5 Å². The maximum atomic E-state index is 13.3. The highest BCUT2D eigenvalue weighted by Crippen LogP contribution is 2.23. The Labute approximate surface area is 212 Å². The van der Waals surface area contributed by atoms with E-state index in [1.54, 1.807) is 4.90 Å². The van der Waals surface area contributed by atoms with Gasteiger partial charge < -0.3 is 15.3 Å². The molecule has 1 fully saturated rings. The molecule has 0 bridgehead atoms. The first-order valence-electron chi connectivity index (χ1n) is 11.4. The molecule has 0 aromatic heterocycles. The van der Waals surface area contributed by atoms with Gasteiger partial charge in [-0.2, -0.15) is 17.5 Å². The van der Waals surface area contributed by atoms with Crippen LogP contribution in [0, 0.1) is 5.82 Å². The second-order valence-electron chi connectivity index (χ2n) is 8.31. The second kappa shape index (κ2) is 13.5. The summed E-state index contributed by atoms with van der Waals surface area (Å²) in [5, 5.41) is 10.3. The van der Waals surface area contributed by atoms with Gasteiger partial charge in [-0.3, -0.25) is 4.79 Å². The zero-order valence-corrected chi connectivity index (χ0v) is 20.9. The van der Waals surface area contributed by atoms with Gasteiger partial charge in [0.15, 0.2) is 0 Å². The lowest BCUT2D eigenvalue weighted by Gasteiger charge is -2.29. The Kier molecular flexibility index (Phi) is 11.0. The Morgan fingerprint density at radius 2 is 1.59 bits per heavy atom. The van der Waals surface area contributed by atoms with Crippen molar-refractivity contribution >= 4 is 21.9 Å². The third-order valence-corrected chi connectivity index (χ3v) is 7.46. The van der Waals surface area contributed by atoms with E-state index in [2.05, 4.69) is 5.32 Å². The highest BCUT2D eigenvalue weighted by molar-refractivity contribution is 7.89. The quantitative estimate of drug-likeness (QED) is 0.492. The third kappa shape index (κ3) is 9.41. The normalized spacial score (nSPS) is 15.0. The van der Waals surface area contributed by atoms with E-state index in [1.165, 1.54) is 16.4 Å². The van der Waals surface area contributed by atoms with Crippen LogP contribution >= 0.6 is 0 Å². The van der Waals surface area contributed by atoms with Crippen LogP contribution in [0.15, 0.2) is 59.5 Å². The lowest BCUT2D eigenvalue weighted by Crippen LogP contribution is -2.47. The van der Waals surface area contributed by atoms with Gasteiger partial charge in [-0.1, -0.05) is 37.3 Å². The summed E-state index contributed by atoms with van der Waals surface area (Å²) in [5.74, 6) is -3.36. The van der Waals surface area contributed by atoms with Gasteiger partial charge >= 0.3 is 12.1 Å². The predicted octanol–water partition coefficient (Wildman–Crippen LogP) is 3.08. The van der Waals surface area contributed by atoms with E-state index in [9.17, 15) is 30.8 Å². The molecule has 3 rings (SSSR count). The van der Waals surface area contributed by atoms with E-state index < -0.39 is 28.0 Å². The molecule has 1 heterocycles. The lowest BCUT2D eigenvalue weighted by atomic mass is 10.0. The SMILES string of the molecule is CC(CN(CCC(=O)N1CCNCC1)S(=O)(=O)c1ccc(F)cc1)c1ccccc1.O=C(O)C(F)(F)F. The van der Waals surface area contributed by atoms with E-state index in [4.69, 9.17) is 9.90 Å². The van der Waals surface area contributed by atoms with Crippen LogP contribution in [-0.2, 0) is 19.6 Å². The molecular formula is C24H29F4N3O5S. The molecule has 1 unspecified atom stereocenters. The molecule has 2 aromatic carbocycles. The van der Waals surface area contributed by atoms with E-state index in [-0.39, 0.29) is 36.2 Å².